The van der Waals surface area contributed by atoms with Crippen LogP contribution in [0.1, 0.15) is 40.2 Å². The van der Waals surface area contributed by atoms with E-state index in [0.29, 0.717) is 12.2 Å². The molecule has 2 aliphatic rings. The van der Waals surface area contributed by atoms with E-state index in [1.54, 1.807) is 6.07 Å². The summed E-state index contributed by atoms with van der Waals surface area (Å²) in [6.45, 7) is 10.6. The number of benzene rings is 1. The monoisotopic (exact) mass is 440 g/mol. The van der Waals surface area contributed by atoms with Gasteiger partial charge in [-0.15, -0.1) is 0 Å². The summed E-state index contributed by atoms with van der Waals surface area (Å²) in [6, 6.07) is 4.59. The summed E-state index contributed by atoms with van der Waals surface area (Å²) in [5.74, 6) is -1.36. The van der Waals surface area contributed by atoms with Crippen LogP contribution in [-0.4, -0.2) is 81.1 Å². The van der Waals surface area contributed by atoms with Crippen molar-refractivity contribution in [2.45, 2.75) is 46.0 Å². The predicted octanol–water partition coefficient (Wildman–Crippen LogP) is 2.47. The van der Waals surface area contributed by atoms with E-state index >= 15 is 0 Å². The van der Waals surface area contributed by atoms with E-state index in [9.17, 15) is 4.57 Å². The van der Waals surface area contributed by atoms with Crippen molar-refractivity contribution >= 4 is 78.5 Å². The fourth-order valence-electron chi connectivity index (χ4n) is 4.14. The molecule has 2 atom stereocenters. The number of hydrogen-bond donors (Lipinski definition) is 2. The van der Waals surface area contributed by atoms with E-state index < -0.39 is 19.2 Å². The fourth-order valence-corrected chi connectivity index (χ4v) is 4.76. The van der Waals surface area contributed by atoms with Gasteiger partial charge in [0, 0.05) is 16.4 Å². The number of hydrogen-bond acceptors (Lipinski definition) is 5. The first kappa shape index (κ1) is 26.4. The van der Waals surface area contributed by atoms with Gasteiger partial charge in [0.2, 0.25) is 0 Å². The maximum atomic E-state index is 11.2. The Balaban J connectivity index is 0.00000182. The van der Waals surface area contributed by atoms with Crippen molar-refractivity contribution in [3.63, 3.8) is 0 Å². The first-order chi connectivity index (χ1) is 11.3. The molecule has 0 saturated carbocycles. The van der Waals surface area contributed by atoms with Crippen molar-refractivity contribution in [1.29, 1.82) is 0 Å². The molecule has 2 aliphatic heterocycles. The summed E-state index contributed by atoms with van der Waals surface area (Å²) in [6.07, 6.45) is 0. The van der Waals surface area contributed by atoms with E-state index in [2.05, 4.69) is 0 Å². The Morgan fingerprint density at radius 3 is 2.22 bits per heavy atom. The molecule has 0 amide bonds. The van der Waals surface area contributed by atoms with Gasteiger partial charge in [-0.1, -0.05) is 52.3 Å². The number of phosphoric acid groups is 1. The number of ether oxygens (including phenoxy) is 1. The Labute approximate surface area is 208 Å². The van der Waals surface area contributed by atoms with Crippen LogP contribution in [0, 0.1) is 10.8 Å². The SMILES string of the molecule is CC(C)(C)C12OOC1(c1ccc(Cl)c(OP(=O)(O)O)c1)OCC2(C)C.[NaH].[NaH]. The Morgan fingerprint density at radius 2 is 1.78 bits per heavy atom. The van der Waals surface area contributed by atoms with E-state index in [1.807, 2.05) is 34.6 Å². The molecule has 2 N–H and O–H groups in total. The van der Waals surface area contributed by atoms with Crippen LogP contribution in [0.3, 0.4) is 0 Å². The number of phosphoric ester groups is 1. The van der Waals surface area contributed by atoms with Crippen LogP contribution < -0.4 is 4.52 Å². The van der Waals surface area contributed by atoms with Gasteiger partial charge in [-0.2, -0.15) is 4.89 Å². The van der Waals surface area contributed by atoms with E-state index in [4.69, 9.17) is 40.4 Å². The maximum absolute atomic E-state index is 11.2. The normalized spacial score (nSPS) is 29.0. The summed E-state index contributed by atoms with van der Waals surface area (Å²) in [7, 11) is -4.76. The van der Waals surface area contributed by atoms with Gasteiger partial charge in [-0.05, 0) is 12.1 Å². The molecule has 1 aromatic rings. The second-order valence-corrected chi connectivity index (χ2v) is 9.68. The summed E-state index contributed by atoms with van der Waals surface area (Å²) >= 11 is 6.01. The van der Waals surface area contributed by atoms with Crippen molar-refractivity contribution in [3.8, 4) is 5.75 Å². The first-order valence-electron chi connectivity index (χ1n) is 7.82. The molecule has 2 saturated heterocycles. The van der Waals surface area contributed by atoms with E-state index in [1.165, 1.54) is 12.1 Å². The van der Waals surface area contributed by atoms with Crippen LogP contribution in [0.25, 0.3) is 0 Å². The van der Waals surface area contributed by atoms with Crippen molar-refractivity contribution in [2.75, 3.05) is 6.61 Å². The minimum atomic E-state index is -4.76. The first-order valence-corrected chi connectivity index (χ1v) is 9.73. The molecule has 3 rings (SSSR count). The van der Waals surface area contributed by atoms with Gasteiger partial charge in [-0.25, -0.2) is 9.45 Å². The van der Waals surface area contributed by atoms with E-state index in [0.717, 1.165) is 0 Å². The summed E-state index contributed by atoms with van der Waals surface area (Å²) < 4.78 is 21.9. The molecule has 7 nitrogen and oxygen atoms in total. The molecule has 0 aliphatic carbocycles. The molecule has 0 bridgehead atoms. The van der Waals surface area contributed by atoms with Gasteiger partial charge < -0.3 is 9.26 Å². The molecular formula is C16H24ClNa2O7P. The van der Waals surface area contributed by atoms with Crippen molar-refractivity contribution < 1.29 is 33.4 Å². The zero-order valence-electron chi connectivity index (χ0n) is 14.7. The van der Waals surface area contributed by atoms with Gasteiger partial charge in [0.05, 0.1) is 11.6 Å². The molecule has 0 spiro atoms. The third-order valence-electron chi connectivity index (χ3n) is 4.92. The van der Waals surface area contributed by atoms with Gasteiger partial charge in [-0.3, -0.25) is 9.79 Å². The number of halogens is 1. The standard InChI is InChI=1S/C16H22ClO7P.2Na.2H/c1-13(2,3)16-14(4,5)9-21-15(16,23-24-16)10-6-7-11(17)12(8-10)22-25(18,19)20;;;;/h6-8H,9H2,1-5H3,(H2,18,19,20);;;;. The van der Waals surface area contributed by atoms with Crippen molar-refractivity contribution in [2.24, 2.45) is 10.8 Å². The average molecular weight is 441 g/mol. The molecule has 11 heteroatoms. The molecular weight excluding hydrogens is 417 g/mol. The van der Waals surface area contributed by atoms with Gasteiger partial charge >= 0.3 is 66.9 Å². The number of fused-ring (bicyclic) bond motifs is 1. The summed E-state index contributed by atoms with van der Waals surface area (Å²) in [5, 5.41) is 0.0716. The predicted molar refractivity (Wildman–Crippen MR) is 104 cm³/mol. The van der Waals surface area contributed by atoms with Crippen LogP contribution in [-0.2, 0) is 24.9 Å². The topological polar surface area (TPSA) is 94.5 Å². The Kier molecular flexibility index (Phi) is 7.93. The van der Waals surface area contributed by atoms with Crippen molar-refractivity contribution in [1.82, 2.24) is 0 Å². The fraction of sp³-hybridized carbons (Fsp3) is 0.625. The Hall–Kier alpha value is 1.34. The molecule has 144 valence electrons. The van der Waals surface area contributed by atoms with E-state index in [-0.39, 0.29) is 80.7 Å². The molecule has 27 heavy (non-hydrogen) atoms. The molecule has 2 heterocycles. The third kappa shape index (κ3) is 3.99. The van der Waals surface area contributed by atoms with Crippen LogP contribution in [0.2, 0.25) is 5.02 Å². The van der Waals surface area contributed by atoms with Gasteiger partial charge in [0.15, 0.2) is 11.4 Å². The average Bonchev–Trinajstić information content (AvgIpc) is 2.53. The second-order valence-electron chi connectivity index (χ2n) is 8.11. The number of rotatable bonds is 3. The van der Waals surface area contributed by atoms with Gasteiger partial charge in [0.1, 0.15) is 0 Å². The molecule has 2 unspecified atom stereocenters. The molecule has 2 fully saturated rings. The third-order valence-corrected chi connectivity index (χ3v) is 5.67. The summed E-state index contributed by atoms with van der Waals surface area (Å²) in [4.78, 5) is 29.4. The van der Waals surface area contributed by atoms with Crippen LogP contribution in [0.15, 0.2) is 18.2 Å². The molecule has 0 radical (unpaired) electrons. The second kappa shape index (κ2) is 8.12. The molecule has 0 aromatic heterocycles. The minimum absolute atomic E-state index is 0. The zero-order chi connectivity index (χ0) is 18.9. The van der Waals surface area contributed by atoms with Crippen LogP contribution in [0.4, 0.5) is 0 Å². The Bertz CT molecular complexity index is 764. The summed E-state index contributed by atoms with van der Waals surface area (Å²) in [5.41, 5.74) is -1.00. The zero-order valence-corrected chi connectivity index (χ0v) is 16.4. The van der Waals surface area contributed by atoms with Crippen molar-refractivity contribution in [3.05, 3.63) is 28.8 Å². The van der Waals surface area contributed by atoms with Crippen LogP contribution >= 0.6 is 19.4 Å². The quantitative estimate of drug-likeness (QED) is 0.423. The molecule has 1 aromatic carbocycles. The Morgan fingerprint density at radius 1 is 1.19 bits per heavy atom. The van der Waals surface area contributed by atoms with Gasteiger partial charge in [0.25, 0.3) is 5.79 Å². The van der Waals surface area contributed by atoms with Crippen LogP contribution in [0.5, 0.6) is 5.75 Å².